The van der Waals surface area contributed by atoms with Crippen LogP contribution in [-0.4, -0.2) is 29.3 Å². The van der Waals surface area contributed by atoms with E-state index >= 15 is 0 Å². The first-order valence-corrected chi connectivity index (χ1v) is 9.19. The van der Waals surface area contributed by atoms with Crippen molar-refractivity contribution in [1.29, 1.82) is 0 Å². The van der Waals surface area contributed by atoms with Gasteiger partial charge in [-0.15, -0.1) is 11.6 Å². The monoisotopic (exact) mass is 297 g/mol. The van der Waals surface area contributed by atoms with Crippen molar-refractivity contribution >= 4 is 17.5 Å². The molecule has 0 heterocycles. The molecular weight excluding hydrogens is 270 g/mol. The maximum absolute atomic E-state index is 12.9. The van der Waals surface area contributed by atoms with Crippen LogP contribution in [0.25, 0.3) is 0 Å². The minimum absolute atomic E-state index is 0.304. The van der Waals surface area contributed by atoms with Gasteiger partial charge in [0.2, 0.25) is 5.91 Å². The highest BCUT2D eigenvalue weighted by atomic mass is 35.5. The highest BCUT2D eigenvalue weighted by molar-refractivity contribution is 6.18. The van der Waals surface area contributed by atoms with Crippen LogP contribution in [0.3, 0.4) is 0 Å². The molecule has 2 nitrogen and oxygen atoms in total. The number of carbonyl (C=O) groups excluding carboxylic acids is 1. The van der Waals surface area contributed by atoms with Crippen molar-refractivity contribution in [2.24, 2.45) is 17.8 Å². The van der Waals surface area contributed by atoms with Gasteiger partial charge in [-0.05, 0) is 50.4 Å². The van der Waals surface area contributed by atoms with Gasteiger partial charge in [0.15, 0.2) is 0 Å². The first kappa shape index (κ1) is 14.7. The first-order valence-electron chi connectivity index (χ1n) is 8.66. The lowest BCUT2D eigenvalue weighted by Crippen LogP contribution is -2.49. The first-order chi connectivity index (χ1) is 9.79. The van der Waals surface area contributed by atoms with Crippen molar-refractivity contribution < 1.29 is 4.79 Å². The van der Waals surface area contributed by atoms with Gasteiger partial charge in [-0.25, -0.2) is 0 Å². The van der Waals surface area contributed by atoms with Gasteiger partial charge in [0.1, 0.15) is 0 Å². The maximum atomic E-state index is 12.9. The second kappa shape index (κ2) is 6.68. The smallest absolute Gasteiger partial charge is 0.225 e. The molecule has 0 aliphatic heterocycles. The molecule has 3 heteroatoms. The van der Waals surface area contributed by atoms with E-state index in [1.54, 1.807) is 0 Å². The summed E-state index contributed by atoms with van der Waals surface area (Å²) in [7, 11) is 0. The third-order valence-corrected chi connectivity index (χ3v) is 6.18. The average Bonchev–Trinajstić information content (AvgIpc) is 2.43. The van der Waals surface area contributed by atoms with E-state index in [1.165, 1.54) is 51.4 Å². The Morgan fingerprint density at radius 2 is 1.70 bits per heavy atom. The van der Waals surface area contributed by atoms with E-state index in [-0.39, 0.29) is 0 Å². The van der Waals surface area contributed by atoms with E-state index in [9.17, 15) is 4.79 Å². The molecule has 3 atom stereocenters. The normalized spacial score (nSPS) is 34.1. The standard InChI is InChI=1S/C17H28ClNO/c18-10-11-19(16-6-3-7-16)17(20)15-9-8-13-4-1-2-5-14(13)12-15/h13-16H,1-12H2. The van der Waals surface area contributed by atoms with Gasteiger partial charge in [-0.2, -0.15) is 0 Å². The van der Waals surface area contributed by atoms with E-state index in [1.807, 2.05) is 0 Å². The van der Waals surface area contributed by atoms with Crippen LogP contribution in [-0.2, 0) is 4.79 Å². The summed E-state index contributed by atoms with van der Waals surface area (Å²) >= 11 is 5.92. The predicted octanol–water partition coefficient (Wildman–Crippen LogP) is 4.21. The molecule has 3 aliphatic carbocycles. The Morgan fingerprint density at radius 3 is 2.35 bits per heavy atom. The van der Waals surface area contributed by atoms with Crippen molar-refractivity contribution in [2.45, 2.75) is 70.3 Å². The van der Waals surface area contributed by atoms with E-state index in [0.29, 0.717) is 23.7 Å². The maximum Gasteiger partial charge on any atom is 0.225 e. The third kappa shape index (κ3) is 3.00. The van der Waals surface area contributed by atoms with E-state index in [4.69, 9.17) is 11.6 Å². The second-order valence-electron chi connectivity index (χ2n) is 7.12. The minimum atomic E-state index is 0.304. The number of halogens is 1. The number of hydrogen-bond acceptors (Lipinski definition) is 1. The lowest BCUT2D eigenvalue weighted by Gasteiger charge is -2.43. The summed E-state index contributed by atoms with van der Waals surface area (Å²) in [5.41, 5.74) is 0. The van der Waals surface area contributed by atoms with Gasteiger partial charge >= 0.3 is 0 Å². The molecule has 0 radical (unpaired) electrons. The number of carbonyl (C=O) groups is 1. The Bertz CT molecular complexity index is 342. The second-order valence-corrected chi connectivity index (χ2v) is 7.50. The number of hydrogen-bond donors (Lipinski definition) is 0. The molecule has 0 aromatic rings. The number of rotatable bonds is 4. The molecule has 114 valence electrons. The van der Waals surface area contributed by atoms with Crippen LogP contribution in [0, 0.1) is 17.8 Å². The molecule has 3 aliphatic rings. The van der Waals surface area contributed by atoms with E-state index in [0.717, 1.165) is 31.2 Å². The Labute approximate surface area is 128 Å². The lowest BCUT2D eigenvalue weighted by atomic mass is 9.67. The summed E-state index contributed by atoms with van der Waals surface area (Å²) in [6.45, 7) is 0.760. The van der Waals surface area contributed by atoms with Crippen LogP contribution in [0.1, 0.15) is 64.2 Å². The molecular formula is C17H28ClNO. The number of fused-ring (bicyclic) bond motifs is 1. The Kier molecular flexibility index (Phi) is 4.91. The Hall–Kier alpha value is -0.240. The summed E-state index contributed by atoms with van der Waals surface area (Å²) in [5, 5.41) is 0. The van der Waals surface area contributed by atoms with Gasteiger partial charge < -0.3 is 4.90 Å². The minimum Gasteiger partial charge on any atom is -0.338 e. The van der Waals surface area contributed by atoms with Gasteiger partial charge in [-0.3, -0.25) is 4.79 Å². The molecule has 3 saturated carbocycles. The SMILES string of the molecule is O=C(C1CCC2CCCCC2C1)N(CCCl)C1CCC1. The molecule has 0 bridgehead atoms. The highest BCUT2D eigenvalue weighted by Gasteiger charge is 2.38. The third-order valence-electron chi connectivity index (χ3n) is 6.01. The van der Waals surface area contributed by atoms with Crippen molar-refractivity contribution in [2.75, 3.05) is 12.4 Å². The molecule has 20 heavy (non-hydrogen) atoms. The van der Waals surface area contributed by atoms with Crippen molar-refractivity contribution in [3.05, 3.63) is 0 Å². The van der Waals surface area contributed by atoms with Crippen LogP contribution >= 0.6 is 11.6 Å². The summed E-state index contributed by atoms with van der Waals surface area (Å²) in [4.78, 5) is 15.0. The topological polar surface area (TPSA) is 20.3 Å². The molecule has 1 amide bonds. The van der Waals surface area contributed by atoms with Gasteiger partial charge in [-0.1, -0.05) is 25.7 Å². The molecule has 3 fully saturated rings. The van der Waals surface area contributed by atoms with Gasteiger partial charge in [0.05, 0.1) is 0 Å². The van der Waals surface area contributed by atoms with E-state index < -0.39 is 0 Å². The lowest BCUT2D eigenvalue weighted by molar-refractivity contribution is -0.141. The fourth-order valence-electron chi connectivity index (χ4n) is 4.59. The zero-order valence-electron chi connectivity index (χ0n) is 12.5. The predicted molar refractivity (Wildman–Crippen MR) is 82.9 cm³/mol. The van der Waals surface area contributed by atoms with Gasteiger partial charge in [0, 0.05) is 24.4 Å². The van der Waals surface area contributed by atoms with Crippen molar-refractivity contribution in [3.63, 3.8) is 0 Å². The molecule has 0 N–H and O–H groups in total. The van der Waals surface area contributed by atoms with Crippen molar-refractivity contribution in [1.82, 2.24) is 4.90 Å². The quantitative estimate of drug-likeness (QED) is 0.712. The van der Waals surface area contributed by atoms with Crippen LogP contribution < -0.4 is 0 Å². The zero-order valence-corrected chi connectivity index (χ0v) is 13.3. The summed E-state index contributed by atoms with van der Waals surface area (Å²) in [6, 6.07) is 0.505. The fourth-order valence-corrected chi connectivity index (χ4v) is 4.78. The molecule has 3 unspecified atom stereocenters. The molecule has 0 aromatic carbocycles. The van der Waals surface area contributed by atoms with E-state index in [2.05, 4.69) is 4.90 Å². The average molecular weight is 298 g/mol. The number of alkyl halides is 1. The molecule has 0 spiro atoms. The number of amides is 1. The van der Waals surface area contributed by atoms with Crippen LogP contribution in [0.4, 0.5) is 0 Å². The largest absolute Gasteiger partial charge is 0.338 e. The highest BCUT2D eigenvalue weighted by Crippen LogP contribution is 2.43. The zero-order chi connectivity index (χ0) is 13.9. The fraction of sp³-hybridized carbons (Fsp3) is 0.941. The molecule has 3 rings (SSSR count). The Morgan fingerprint density at radius 1 is 0.950 bits per heavy atom. The van der Waals surface area contributed by atoms with Gasteiger partial charge in [0.25, 0.3) is 0 Å². The van der Waals surface area contributed by atoms with Crippen molar-refractivity contribution in [3.8, 4) is 0 Å². The molecule has 0 saturated heterocycles. The summed E-state index contributed by atoms with van der Waals surface area (Å²) in [5.74, 6) is 3.09. The van der Waals surface area contributed by atoms with Crippen LogP contribution in [0.5, 0.6) is 0 Å². The Balaban J connectivity index is 1.60. The van der Waals surface area contributed by atoms with Crippen LogP contribution in [0.2, 0.25) is 0 Å². The summed E-state index contributed by atoms with van der Waals surface area (Å²) in [6.07, 6.45) is 12.8. The molecule has 0 aromatic heterocycles. The number of nitrogens with zero attached hydrogens (tertiary/aromatic N) is 1. The van der Waals surface area contributed by atoms with Crippen LogP contribution in [0.15, 0.2) is 0 Å². The summed E-state index contributed by atoms with van der Waals surface area (Å²) < 4.78 is 0.